The number of nitrogens with two attached hydrogens (primary N) is 1. The summed E-state index contributed by atoms with van der Waals surface area (Å²) in [6, 6.07) is 8.29. The fourth-order valence-electron chi connectivity index (χ4n) is 2.90. The molecule has 5 nitrogen and oxygen atoms in total. The molecule has 1 aliphatic rings. The molecule has 1 aromatic rings. The second-order valence-electron chi connectivity index (χ2n) is 5.94. The first-order valence-electron chi connectivity index (χ1n) is 8.05. The van der Waals surface area contributed by atoms with Crippen molar-refractivity contribution in [1.82, 2.24) is 9.80 Å². The van der Waals surface area contributed by atoms with Crippen LogP contribution in [-0.4, -0.2) is 61.6 Å². The van der Waals surface area contributed by atoms with Gasteiger partial charge in [-0.05, 0) is 24.6 Å². The van der Waals surface area contributed by atoms with E-state index in [1.807, 2.05) is 17.0 Å². The summed E-state index contributed by atoms with van der Waals surface area (Å²) in [5.41, 5.74) is 6.83. The van der Waals surface area contributed by atoms with Gasteiger partial charge in [0.05, 0.1) is 12.5 Å². The first kappa shape index (κ1) is 24.4. The Morgan fingerprint density at radius 1 is 1.20 bits per heavy atom. The zero-order valence-electron chi connectivity index (χ0n) is 14.7. The van der Waals surface area contributed by atoms with Gasteiger partial charge in [-0.25, -0.2) is 0 Å². The fourth-order valence-corrected chi connectivity index (χ4v) is 3.02. The number of hydrogen-bond donors (Lipinski definition) is 1. The molecule has 0 aromatic heterocycles. The Kier molecular flexibility index (Phi) is 11.7. The van der Waals surface area contributed by atoms with Gasteiger partial charge in [0.25, 0.3) is 0 Å². The van der Waals surface area contributed by atoms with E-state index in [9.17, 15) is 4.79 Å². The van der Waals surface area contributed by atoms with Crippen LogP contribution in [0.25, 0.3) is 0 Å². The molecule has 2 unspecified atom stereocenters. The number of nitrogens with zero attached hydrogens (tertiary/aromatic N) is 2. The third-order valence-electron chi connectivity index (χ3n) is 4.57. The first-order valence-corrected chi connectivity index (χ1v) is 8.43. The van der Waals surface area contributed by atoms with Gasteiger partial charge < -0.3 is 15.4 Å². The van der Waals surface area contributed by atoms with E-state index in [1.165, 1.54) is 5.56 Å². The van der Waals surface area contributed by atoms with Crippen molar-refractivity contribution < 1.29 is 9.53 Å². The number of halogens is 3. The summed E-state index contributed by atoms with van der Waals surface area (Å²) in [6.45, 7) is 5.80. The summed E-state index contributed by atoms with van der Waals surface area (Å²) in [7, 11) is 1.59. The van der Waals surface area contributed by atoms with Crippen LogP contribution in [0.3, 0.4) is 0 Å². The van der Waals surface area contributed by atoms with Gasteiger partial charge in [-0.1, -0.05) is 23.7 Å². The standard InChI is InChI=1S/C17H26ClN3O2.2ClH/c1-13(14-3-5-15(18)6-4-14)20-7-9-21(10-8-20)17(22)11-16(12-19)23-2;;/h3-6,13,16H,7-12,19H2,1-2H3;2*1H. The van der Waals surface area contributed by atoms with E-state index < -0.39 is 0 Å². The monoisotopic (exact) mass is 411 g/mol. The fraction of sp³-hybridized carbons (Fsp3) is 0.588. The van der Waals surface area contributed by atoms with E-state index in [4.69, 9.17) is 22.1 Å². The zero-order valence-corrected chi connectivity index (χ0v) is 17.1. The SMILES string of the molecule is COC(CN)CC(=O)N1CCN(C(C)c2ccc(Cl)cc2)CC1.Cl.Cl. The van der Waals surface area contributed by atoms with Gasteiger partial charge in [-0.15, -0.1) is 24.8 Å². The average molecular weight is 413 g/mol. The van der Waals surface area contributed by atoms with E-state index >= 15 is 0 Å². The number of ether oxygens (including phenoxy) is 1. The van der Waals surface area contributed by atoms with Crippen LogP contribution in [0.5, 0.6) is 0 Å². The first-order chi connectivity index (χ1) is 11.0. The number of methoxy groups -OCH3 is 1. The van der Waals surface area contributed by atoms with E-state index in [0.29, 0.717) is 19.0 Å². The minimum atomic E-state index is -0.187. The zero-order chi connectivity index (χ0) is 16.8. The van der Waals surface area contributed by atoms with Crippen molar-refractivity contribution >= 4 is 42.3 Å². The van der Waals surface area contributed by atoms with Gasteiger partial charge in [0.2, 0.25) is 5.91 Å². The molecule has 2 N–H and O–H groups in total. The predicted molar refractivity (Wildman–Crippen MR) is 107 cm³/mol. The van der Waals surface area contributed by atoms with Crippen LogP contribution < -0.4 is 5.73 Å². The number of hydrogen-bond acceptors (Lipinski definition) is 4. The molecule has 1 aromatic carbocycles. The van der Waals surface area contributed by atoms with Crippen LogP contribution >= 0.6 is 36.4 Å². The van der Waals surface area contributed by atoms with Crippen LogP contribution in [-0.2, 0) is 9.53 Å². The topological polar surface area (TPSA) is 58.8 Å². The highest BCUT2D eigenvalue weighted by Gasteiger charge is 2.25. The molecule has 0 bridgehead atoms. The minimum absolute atomic E-state index is 0. The molecule has 1 amide bonds. The minimum Gasteiger partial charge on any atom is -0.380 e. The van der Waals surface area contributed by atoms with Gasteiger partial charge in [-0.2, -0.15) is 0 Å². The summed E-state index contributed by atoms with van der Waals surface area (Å²) < 4.78 is 5.19. The Labute approximate surface area is 167 Å². The largest absolute Gasteiger partial charge is 0.380 e. The Morgan fingerprint density at radius 2 is 1.76 bits per heavy atom. The van der Waals surface area contributed by atoms with Crippen LogP contribution in [0.4, 0.5) is 0 Å². The lowest BCUT2D eigenvalue weighted by atomic mass is 10.1. The Balaban J connectivity index is 0.00000288. The van der Waals surface area contributed by atoms with Crippen LogP contribution in [0.2, 0.25) is 5.02 Å². The van der Waals surface area contributed by atoms with Crippen molar-refractivity contribution in [2.75, 3.05) is 39.8 Å². The van der Waals surface area contributed by atoms with Gasteiger partial charge in [-0.3, -0.25) is 9.69 Å². The molecular weight excluding hydrogens is 385 g/mol. The number of carbonyl (C=O) groups is 1. The number of carbonyl (C=O) groups excluding carboxylic acids is 1. The van der Waals surface area contributed by atoms with Crippen molar-refractivity contribution in [3.63, 3.8) is 0 Å². The van der Waals surface area contributed by atoms with Crippen molar-refractivity contribution in [2.24, 2.45) is 5.73 Å². The van der Waals surface area contributed by atoms with Crippen molar-refractivity contribution in [3.05, 3.63) is 34.9 Å². The molecule has 2 rings (SSSR count). The molecule has 144 valence electrons. The molecule has 0 saturated carbocycles. The van der Waals surface area contributed by atoms with Crippen molar-refractivity contribution in [2.45, 2.75) is 25.5 Å². The average Bonchev–Trinajstić information content (AvgIpc) is 2.59. The Morgan fingerprint density at radius 3 is 2.24 bits per heavy atom. The number of amides is 1. The second-order valence-corrected chi connectivity index (χ2v) is 6.38. The molecule has 0 spiro atoms. The third kappa shape index (κ3) is 6.93. The summed E-state index contributed by atoms with van der Waals surface area (Å²) in [5, 5.41) is 0.754. The molecule has 1 heterocycles. The molecular formula is C17H28Cl3N3O2. The maximum Gasteiger partial charge on any atom is 0.225 e. The quantitative estimate of drug-likeness (QED) is 0.780. The van der Waals surface area contributed by atoms with E-state index in [-0.39, 0.29) is 36.8 Å². The number of rotatable bonds is 6. The van der Waals surface area contributed by atoms with Gasteiger partial charge in [0, 0.05) is 50.9 Å². The van der Waals surface area contributed by atoms with E-state index in [2.05, 4.69) is 24.0 Å². The lowest BCUT2D eigenvalue weighted by Crippen LogP contribution is -2.50. The lowest BCUT2D eigenvalue weighted by Gasteiger charge is -2.38. The number of benzene rings is 1. The highest BCUT2D eigenvalue weighted by Crippen LogP contribution is 2.23. The molecule has 2 atom stereocenters. The van der Waals surface area contributed by atoms with E-state index in [0.717, 1.165) is 31.2 Å². The van der Waals surface area contributed by atoms with Crippen LogP contribution in [0, 0.1) is 0 Å². The lowest BCUT2D eigenvalue weighted by molar-refractivity contribution is -0.135. The Hall–Kier alpha value is -0.560. The predicted octanol–water partition coefficient (Wildman–Crippen LogP) is 2.75. The summed E-state index contributed by atoms with van der Waals surface area (Å²) in [4.78, 5) is 16.6. The van der Waals surface area contributed by atoms with Gasteiger partial charge in [0.1, 0.15) is 0 Å². The normalized spacial score (nSPS) is 17.2. The summed E-state index contributed by atoms with van der Waals surface area (Å²) >= 11 is 5.94. The second kappa shape index (κ2) is 11.9. The summed E-state index contributed by atoms with van der Waals surface area (Å²) in [5.74, 6) is 0.126. The molecule has 8 heteroatoms. The van der Waals surface area contributed by atoms with Crippen molar-refractivity contribution in [1.29, 1.82) is 0 Å². The van der Waals surface area contributed by atoms with Gasteiger partial charge in [0.15, 0.2) is 0 Å². The van der Waals surface area contributed by atoms with Crippen LogP contribution in [0.15, 0.2) is 24.3 Å². The van der Waals surface area contributed by atoms with Crippen LogP contribution in [0.1, 0.15) is 24.9 Å². The maximum absolute atomic E-state index is 12.3. The number of piperazine rings is 1. The van der Waals surface area contributed by atoms with Gasteiger partial charge >= 0.3 is 0 Å². The molecule has 1 aliphatic heterocycles. The summed E-state index contributed by atoms with van der Waals surface area (Å²) in [6.07, 6.45) is 0.174. The molecule has 25 heavy (non-hydrogen) atoms. The van der Waals surface area contributed by atoms with Crippen molar-refractivity contribution in [3.8, 4) is 0 Å². The highest BCUT2D eigenvalue weighted by atomic mass is 35.5. The molecule has 0 aliphatic carbocycles. The highest BCUT2D eigenvalue weighted by molar-refractivity contribution is 6.30. The Bertz CT molecular complexity index is 504. The smallest absolute Gasteiger partial charge is 0.225 e. The third-order valence-corrected chi connectivity index (χ3v) is 4.82. The maximum atomic E-state index is 12.3. The molecule has 1 fully saturated rings. The molecule has 0 radical (unpaired) electrons. The molecule has 1 saturated heterocycles. The van der Waals surface area contributed by atoms with E-state index in [1.54, 1.807) is 7.11 Å².